The Balaban J connectivity index is 1.58. The normalized spacial score (nSPS) is 15.9. The van der Waals surface area contributed by atoms with Crippen molar-refractivity contribution in [3.63, 3.8) is 0 Å². The minimum Gasteiger partial charge on any atom is -0.489 e. The number of nitrogens with zero attached hydrogens (tertiary/aromatic N) is 2. The van der Waals surface area contributed by atoms with Gasteiger partial charge in [0.05, 0.1) is 23.6 Å². The van der Waals surface area contributed by atoms with E-state index in [1.165, 1.54) is 17.3 Å². The van der Waals surface area contributed by atoms with Crippen molar-refractivity contribution in [1.29, 1.82) is 0 Å². The molecule has 3 rings (SSSR count). The summed E-state index contributed by atoms with van der Waals surface area (Å²) in [6, 6.07) is 8.64. The number of hydrogen-bond acceptors (Lipinski definition) is 4. The van der Waals surface area contributed by atoms with Crippen molar-refractivity contribution >= 4 is 11.6 Å². The molecule has 5 nitrogen and oxygen atoms in total. The lowest BCUT2D eigenvalue weighted by molar-refractivity contribution is 0.0913. The number of halogens is 1. The molecule has 1 N–H and O–H groups in total. The lowest BCUT2D eigenvalue weighted by Crippen LogP contribution is -2.31. The maximum Gasteiger partial charge on any atom is 0.253 e. The van der Waals surface area contributed by atoms with Gasteiger partial charge in [-0.25, -0.2) is 4.98 Å². The summed E-state index contributed by atoms with van der Waals surface area (Å²) in [4.78, 5) is 16.4. The van der Waals surface area contributed by atoms with Gasteiger partial charge in [-0.3, -0.25) is 9.36 Å². The number of aliphatic hydroxyl groups is 1. The van der Waals surface area contributed by atoms with Crippen LogP contribution in [0.25, 0.3) is 0 Å². The Morgan fingerprint density at radius 3 is 2.83 bits per heavy atom. The molecule has 1 aliphatic rings. The average Bonchev–Trinajstić information content (AvgIpc) is 2.47. The van der Waals surface area contributed by atoms with Gasteiger partial charge in [-0.15, -0.1) is 0 Å². The Hall–Kier alpha value is -1.85. The molecule has 0 amide bonds. The smallest absolute Gasteiger partial charge is 0.253 e. The molecule has 1 aromatic carbocycles. The van der Waals surface area contributed by atoms with Gasteiger partial charge in [-0.05, 0) is 25.0 Å². The van der Waals surface area contributed by atoms with Gasteiger partial charge in [0, 0.05) is 12.0 Å². The summed E-state index contributed by atoms with van der Waals surface area (Å²) in [6.45, 7) is 0.196. The van der Waals surface area contributed by atoms with E-state index in [-0.39, 0.29) is 18.7 Å². The van der Waals surface area contributed by atoms with E-state index in [0.29, 0.717) is 16.7 Å². The summed E-state index contributed by atoms with van der Waals surface area (Å²) in [6.07, 6.45) is 4.10. The third-order valence-corrected chi connectivity index (χ3v) is 4.41. The van der Waals surface area contributed by atoms with Crippen LogP contribution in [-0.4, -0.2) is 27.4 Å². The molecular formula is C17H19ClN2O3. The minimum atomic E-state index is -0.819. The molecule has 0 bridgehead atoms. The fourth-order valence-electron chi connectivity index (χ4n) is 2.53. The SMILES string of the molecule is O=c1cc(C2CCC2)ncn1C[C@H](O)COc1ccccc1Cl. The zero-order chi connectivity index (χ0) is 16.2. The minimum absolute atomic E-state index is 0.0561. The summed E-state index contributed by atoms with van der Waals surface area (Å²) in [7, 11) is 0. The third kappa shape index (κ3) is 3.92. The fraction of sp³-hybridized carbons (Fsp3) is 0.412. The summed E-state index contributed by atoms with van der Waals surface area (Å²) in [5, 5.41) is 10.5. The van der Waals surface area contributed by atoms with Crippen LogP contribution in [0, 0.1) is 0 Å². The van der Waals surface area contributed by atoms with E-state index in [1.54, 1.807) is 30.3 Å². The quantitative estimate of drug-likeness (QED) is 0.882. The monoisotopic (exact) mass is 334 g/mol. The molecule has 1 aliphatic carbocycles. The lowest BCUT2D eigenvalue weighted by atomic mass is 9.83. The number of para-hydroxylation sites is 1. The number of hydrogen-bond donors (Lipinski definition) is 1. The van der Waals surface area contributed by atoms with E-state index in [4.69, 9.17) is 16.3 Å². The maximum atomic E-state index is 12.1. The van der Waals surface area contributed by atoms with E-state index in [2.05, 4.69) is 4.98 Å². The van der Waals surface area contributed by atoms with Crippen LogP contribution in [0.1, 0.15) is 30.9 Å². The van der Waals surface area contributed by atoms with Gasteiger partial charge in [0.1, 0.15) is 18.5 Å². The number of rotatable bonds is 6. The second kappa shape index (κ2) is 7.15. The lowest BCUT2D eigenvalue weighted by Gasteiger charge is -2.24. The first-order valence-electron chi connectivity index (χ1n) is 7.75. The fourth-order valence-corrected chi connectivity index (χ4v) is 2.72. The molecule has 1 saturated carbocycles. The molecule has 6 heteroatoms. The van der Waals surface area contributed by atoms with Gasteiger partial charge in [0.25, 0.3) is 5.56 Å². The van der Waals surface area contributed by atoms with Crippen molar-refractivity contribution in [2.24, 2.45) is 0 Å². The first kappa shape index (κ1) is 16.0. The Morgan fingerprint density at radius 1 is 1.39 bits per heavy atom. The summed E-state index contributed by atoms with van der Waals surface area (Å²) in [5.41, 5.74) is 0.720. The first-order chi connectivity index (χ1) is 11.1. The number of ether oxygens (including phenoxy) is 1. The van der Waals surface area contributed by atoms with E-state index in [9.17, 15) is 9.90 Å². The van der Waals surface area contributed by atoms with Gasteiger partial charge in [0.15, 0.2) is 0 Å². The van der Waals surface area contributed by atoms with Crippen LogP contribution in [0.2, 0.25) is 5.02 Å². The van der Waals surface area contributed by atoms with Crippen LogP contribution in [-0.2, 0) is 6.54 Å². The highest BCUT2D eigenvalue weighted by Gasteiger charge is 2.21. The van der Waals surface area contributed by atoms with Crippen LogP contribution < -0.4 is 10.3 Å². The molecule has 23 heavy (non-hydrogen) atoms. The van der Waals surface area contributed by atoms with E-state index in [1.807, 2.05) is 0 Å². The Labute approximate surface area is 139 Å². The number of aromatic nitrogens is 2. The molecule has 1 fully saturated rings. The van der Waals surface area contributed by atoms with Crippen LogP contribution in [0.3, 0.4) is 0 Å². The molecular weight excluding hydrogens is 316 g/mol. The number of benzene rings is 1. The predicted octanol–water partition coefficient (Wildman–Crippen LogP) is 2.60. The molecule has 0 saturated heterocycles. The van der Waals surface area contributed by atoms with Crippen LogP contribution >= 0.6 is 11.6 Å². The molecule has 0 aliphatic heterocycles. The largest absolute Gasteiger partial charge is 0.489 e. The molecule has 122 valence electrons. The Bertz CT molecular complexity index is 728. The molecule has 0 spiro atoms. The van der Waals surface area contributed by atoms with Crippen molar-refractivity contribution in [2.75, 3.05) is 6.61 Å². The standard InChI is InChI=1S/C17H19ClN2O3/c18-14-6-1-2-7-16(14)23-10-13(21)9-20-11-19-15(8-17(20)22)12-4-3-5-12/h1-2,6-8,11-13,21H,3-5,9-10H2/t13-/m0/s1. The zero-order valence-corrected chi connectivity index (χ0v) is 13.4. The van der Waals surface area contributed by atoms with Crippen LogP contribution in [0.15, 0.2) is 41.5 Å². The Kier molecular flexibility index (Phi) is 4.98. The van der Waals surface area contributed by atoms with Gasteiger partial charge in [-0.1, -0.05) is 30.2 Å². The molecule has 0 unspecified atom stereocenters. The van der Waals surface area contributed by atoms with Gasteiger partial charge >= 0.3 is 0 Å². The highest BCUT2D eigenvalue weighted by Crippen LogP contribution is 2.34. The maximum absolute atomic E-state index is 12.1. The van der Waals surface area contributed by atoms with E-state index < -0.39 is 6.10 Å². The van der Waals surface area contributed by atoms with Crippen molar-refractivity contribution in [3.8, 4) is 5.75 Å². The molecule has 1 heterocycles. The summed E-state index contributed by atoms with van der Waals surface area (Å²) >= 11 is 5.99. The average molecular weight is 335 g/mol. The van der Waals surface area contributed by atoms with Gasteiger partial charge < -0.3 is 9.84 Å². The second-order valence-electron chi connectivity index (χ2n) is 5.83. The highest BCUT2D eigenvalue weighted by atomic mass is 35.5. The topological polar surface area (TPSA) is 64.4 Å². The first-order valence-corrected chi connectivity index (χ1v) is 8.13. The zero-order valence-electron chi connectivity index (χ0n) is 12.7. The third-order valence-electron chi connectivity index (χ3n) is 4.10. The Morgan fingerprint density at radius 2 is 2.17 bits per heavy atom. The van der Waals surface area contributed by atoms with Crippen molar-refractivity contribution in [1.82, 2.24) is 9.55 Å². The predicted molar refractivity (Wildman–Crippen MR) is 88.0 cm³/mol. The van der Waals surface area contributed by atoms with Crippen molar-refractivity contribution in [3.05, 3.63) is 57.7 Å². The van der Waals surface area contributed by atoms with Gasteiger partial charge in [0.2, 0.25) is 0 Å². The van der Waals surface area contributed by atoms with E-state index >= 15 is 0 Å². The highest BCUT2D eigenvalue weighted by molar-refractivity contribution is 6.32. The molecule has 1 atom stereocenters. The summed E-state index contributed by atoms with van der Waals surface area (Å²) < 4.78 is 6.89. The van der Waals surface area contributed by atoms with Crippen LogP contribution in [0.5, 0.6) is 5.75 Å². The molecule has 1 aromatic heterocycles. The van der Waals surface area contributed by atoms with Crippen LogP contribution in [0.4, 0.5) is 0 Å². The molecule has 2 aromatic rings. The second-order valence-corrected chi connectivity index (χ2v) is 6.23. The van der Waals surface area contributed by atoms with Crippen molar-refractivity contribution in [2.45, 2.75) is 37.8 Å². The number of aliphatic hydroxyl groups excluding tert-OH is 1. The summed E-state index contributed by atoms with van der Waals surface area (Å²) in [5.74, 6) is 0.935. The van der Waals surface area contributed by atoms with E-state index in [0.717, 1.165) is 18.5 Å². The molecule has 0 radical (unpaired) electrons. The van der Waals surface area contributed by atoms with Gasteiger partial charge in [-0.2, -0.15) is 0 Å². The van der Waals surface area contributed by atoms with Crippen molar-refractivity contribution < 1.29 is 9.84 Å².